The molecule has 9 nitrogen and oxygen atoms in total. The summed E-state index contributed by atoms with van der Waals surface area (Å²) in [7, 11) is -7.48. The summed E-state index contributed by atoms with van der Waals surface area (Å²) in [5.74, 6) is 1.01. The van der Waals surface area contributed by atoms with E-state index in [2.05, 4.69) is 113 Å². The maximum Gasteiger partial charge on any atom is 0.256 e. The molecule has 4 heterocycles. The van der Waals surface area contributed by atoms with E-state index < -0.39 is 38.0 Å². The molecule has 0 aliphatic carbocycles. The fourth-order valence-electron chi connectivity index (χ4n) is 8.69. The Kier molecular flexibility index (Phi) is 9.10. The molecule has 1 amide bonds. The minimum Gasteiger partial charge on any atom is -0.416 e. The molecule has 254 valence electrons. The first-order chi connectivity index (χ1) is 21.0. The lowest BCUT2D eigenvalue weighted by atomic mass is 10.1. The van der Waals surface area contributed by atoms with Crippen LogP contribution in [-0.4, -0.2) is 84.5 Å². The fourth-order valence-corrected chi connectivity index (χ4v) is 104. The number of amides is 1. The van der Waals surface area contributed by atoms with Gasteiger partial charge in [-0.1, -0.05) is 97.9 Å². The van der Waals surface area contributed by atoms with Crippen LogP contribution < -0.4 is 15.5 Å². The lowest BCUT2D eigenvalue weighted by Crippen LogP contribution is -2.86. The van der Waals surface area contributed by atoms with Crippen molar-refractivity contribution in [1.82, 2.24) is 9.97 Å². The Morgan fingerprint density at radius 2 is 1.50 bits per heavy atom. The van der Waals surface area contributed by atoms with Gasteiger partial charge in [0.2, 0.25) is 0 Å². The maximum absolute atomic E-state index is 13.2. The zero-order valence-corrected chi connectivity index (χ0v) is 35.5. The van der Waals surface area contributed by atoms with Gasteiger partial charge in [0.05, 0.1) is 28.9 Å². The van der Waals surface area contributed by atoms with Gasteiger partial charge in [-0.2, -0.15) is 0 Å². The zero-order valence-electron chi connectivity index (χ0n) is 30.5. The molecule has 5 atom stereocenters. The largest absolute Gasteiger partial charge is 0.416 e. The van der Waals surface area contributed by atoms with E-state index in [1.165, 1.54) is 6.33 Å². The molecule has 2 aromatic rings. The van der Waals surface area contributed by atoms with Gasteiger partial charge >= 0.3 is 0 Å². The van der Waals surface area contributed by atoms with Crippen LogP contribution in [0.2, 0.25) is 77.1 Å². The van der Waals surface area contributed by atoms with Crippen molar-refractivity contribution in [3.63, 3.8) is 0 Å². The highest BCUT2D eigenvalue weighted by molar-refractivity contribution is 7.87. The number of hydrogen-bond acceptors (Lipinski definition) is 8. The SMILES string of the molecule is CC(C)(C)[Si](C)(C)O[C@H]1C[C@H]2O[C@H]1[C@@H](O[Si]([Si](C)(C)C)([Si](C)(C)C)[Si](C)(C)C)[C@@H]1Nc3c(NC(=O)c4ccccc4)ncnc3N21. The normalized spacial score (nSPS) is 25.2. The van der Waals surface area contributed by atoms with Gasteiger partial charge in [-0.05, 0) is 30.3 Å². The number of ether oxygens (including phenoxy) is 1. The first-order valence-corrected chi connectivity index (χ1v) is 35.1. The highest BCUT2D eigenvalue weighted by Gasteiger charge is 2.68. The molecule has 0 spiro atoms. The van der Waals surface area contributed by atoms with Crippen LogP contribution in [0, 0.1) is 0 Å². The van der Waals surface area contributed by atoms with Crippen molar-refractivity contribution in [2.24, 2.45) is 0 Å². The molecule has 5 rings (SSSR count). The number of carbonyl (C=O) groups excluding carboxylic acids is 1. The molecule has 14 heteroatoms. The zero-order chi connectivity index (χ0) is 34.3. The maximum atomic E-state index is 13.2. The predicted molar refractivity (Wildman–Crippen MR) is 202 cm³/mol. The van der Waals surface area contributed by atoms with Crippen LogP contribution in [0.25, 0.3) is 0 Å². The Morgan fingerprint density at radius 1 is 0.913 bits per heavy atom. The summed E-state index contributed by atoms with van der Waals surface area (Å²) in [5.41, 5.74) is 1.31. The quantitative estimate of drug-likeness (QED) is 0.260. The van der Waals surface area contributed by atoms with Crippen LogP contribution in [0.1, 0.15) is 37.6 Å². The third kappa shape index (κ3) is 5.94. The van der Waals surface area contributed by atoms with Crippen LogP contribution in [-0.2, 0) is 13.6 Å². The lowest BCUT2D eigenvalue weighted by molar-refractivity contribution is -0.0888. The van der Waals surface area contributed by atoms with Crippen molar-refractivity contribution in [3.05, 3.63) is 42.2 Å². The number of hydrogen-bond donors (Lipinski definition) is 2. The van der Waals surface area contributed by atoms with Gasteiger partial charge in [-0.25, -0.2) is 9.97 Å². The molecule has 3 aliphatic rings. The van der Waals surface area contributed by atoms with Crippen LogP contribution in [0.15, 0.2) is 36.7 Å². The van der Waals surface area contributed by atoms with Gasteiger partial charge < -0.3 is 29.1 Å². The third-order valence-electron chi connectivity index (χ3n) is 10.7. The highest BCUT2D eigenvalue weighted by atomic mass is 29.9. The van der Waals surface area contributed by atoms with Crippen molar-refractivity contribution < 1.29 is 18.4 Å². The summed E-state index contributed by atoms with van der Waals surface area (Å²) in [6, 6.07) is 9.24. The second kappa shape index (κ2) is 11.7. The Bertz CT molecular complexity index is 1420. The monoisotopic (exact) mass is 715 g/mol. The predicted octanol–water partition coefficient (Wildman–Crippen LogP) is 7.39. The average Bonchev–Trinajstić information content (AvgIpc) is 3.46. The van der Waals surface area contributed by atoms with Crippen LogP contribution in [0.3, 0.4) is 0 Å². The van der Waals surface area contributed by atoms with Crippen molar-refractivity contribution >= 4 is 61.2 Å². The van der Waals surface area contributed by atoms with E-state index in [0.717, 1.165) is 17.9 Å². The summed E-state index contributed by atoms with van der Waals surface area (Å²) in [6.07, 6.45) is 1.34. The van der Waals surface area contributed by atoms with Crippen molar-refractivity contribution in [3.8, 4) is 0 Å². The summed E-state index contributed by atoms with van der Waals surface area (Å²) in [6.45, 7) is 32.3. The number of anilines is 3. The van der Waals surface area contributed by atoms with Gasteiger partial charge in [0, 0.05) is 12.0 Å². The Hall–Kier alpha value is -1.67. The second-order valence-corrected chi connectivity index (χ2v) is 62.2. The highest BCUT2D eigenvalue weighted by Crippen LogP contribution is 2.51. The molecule has 0 saturated carbocycles. The number of aromatic nitrogens is 2. The lowest BCUT2D eigenvalue weighted by Gasteiger charge is -2.59. The summed E-state index contributed by atoms with van der Waals surface area (Å²) >= 11 is 0. The van der Waals surface area contributed by atoms with Crippen LogP contribution >= 0.6 is 0 Å². The number of carbonyl (C=O) groups is 1. The van der Waals surface area contributed by atoms with E-state index in [-0.39, 0.29) is 41.7 Å². The van der Waals surface area contributed by atoms with Crippen molar-refractivity contribution in [2.75, 3.05) is 15.5 Å². The average molecular weight is 716 g/mol. The molecule has 1 aromatic carbocycles. The molecule has 0 unspecified atom stereocenters. The number of rotatable bonds is 9. The number of nitrogens with one attached hydrogen (secondary N) is 2. The Morgan fingerprint density at radius 3 is 2.04 bits per heavy atom. The molecule has 46 heavy (non-hydrogen) atoms. The first kappa shape index (κ1) is 35.6. The molecule has 0 radical (unpaired) electrons. The van der Waals surface area contributed by atoms with Gasteiger partial charge in [0.25, 0.3) is 5.91 Å². The first-order valence-electron chi connectivity index (χ1n) is 16.8. The molecular weight excluding hydrogens is 659 g/mol. The van der Waals surface area contributed by atoms with E-state index >= 15 is 0 Å². The summed E-state index contributed by atoms with van der Waals surface area (Å²) in [4.78, 5) is 24.8. The van der Waals surface area contributed by atoms with Crippen LogP contribution in [0.4, 0.5) is 17.3 Å². The van der Waals surface area contributed by atoms with Gasteiger partial charge in [0.1, 0.15) is 36.6 Å². The Balaban J connectivity index is 1.60. The molecule has 2 bridgehead atoms. The molecule has 3 aliphatic heterocycles. The van der Waals surface area contributed by atoms with E-state index in [4.69, 9.17) is 18.6 Å². The van der Waals surface area contributed by atoms with E-state index in [1.807, 2.05) is 18.2 Å². The van der Waals surface area contributed by atoms with E-state index in [0.29, 0.717) is 11.4 Å². The minimum atomic E-state index is -2.28. The standard InChI is InChI=1S/C32H57N5O4Si5/c1-32(2,3)45(13,14)40-23-20-24-37-29-25(28(33-21-34-29)36-31(38)22-18-16-15-17-19-22)35-30(37)27(26(23)39-24)41-46(42(4,5)6,43(7,8)9)44(10,11)12/h15-19,21,23-24,26-27,30,35H,20H2,1-14H3,(H,33,34,36,38)/t23-,24+,26+,27+,30+/m0/s1. The second-order valence-electron chi connectivity index (χ2n) is 18.0. The van der Waals surface area contributed by atoms with Gasteiger partial charge in [-0.3, -0.25) is 4.79 Å². The van der Waals surface area contributed by atoms with Gasteiger partial charge in [0.15, 0.2) is 26.8 Å². The summed E-state index contributed by atoms with van der Waals surface area (Å²) < 4.78 is 22.3. The fraction of sp³-hybridized carbons (Fsp3) is 0.656. The smallest absolute Gasteiger partial charge is 0.256 e. The molecule has 2 N–H and O–H groups in total. The van der Waals surface area contributed by atoms with Crippen LogP contribution in [0.5, 0.6) is 0 Å². The third-order valence-corrected chi connectivity index (χ3v) is 82.8. The minimum absolute atomic E-state index is 0.0672. The number of nitrogens with zero attached hydrogens (tertiary/aromatic N) is 3. The van der Waals surface area contributed by atoms with Crippen molar-refractivity contribution in [1.29, 1.82) is 0 Å². The topological polar surface area (TPSA) is 97.8 Å². The molecule has 2 fully saturated rings. The van der Waals surface area contributed by atoms with E-state index in [9.17, 15) is 4.79 Å². The van der Waals surface area contributed by atoms with Crippen molar-refractivity contribution in [2.45, 2.75) is 135 Å². The van der Waals surface area contributed by atoms with Gasteiger partial charge in [-0.15, -0.1) is 0 Å². The molecular formula is C32H57N5O4Si5. The number of fused-ring (bicyclic) bond motifs is 6. The number of benzene rings is 1. The summed E-state index contributed by atoms with van der Waals surface area (Å²) in [5, 5.41) is 6.94. The Labute approximate surface area is 281 Å². The molecule has 2 saturated heterocycles. The molecule has 1 aromatic heterocycles. The van der Waals surface area contributed by atoms with E-state index in [1.54, 1.807) is 12.1 Å².